The van der Waals surface area contributed by atoms with Gasteiger partial charge < -0.3 is 35.2 Å². The van der Waals surface area contributed by atoms with Gasteiger partial charge in [0.2, 0.25) is 0 Å². The minimum Gasteiger partial charge on any atom is -0.388 e. The molecule has 2 unspecified atom stereocenters. The Morgan fingerprint density at radius 3 is 2.52 bits per heavy atom. The van der Waals surface area contributed by atoms with Crippen LogP contribution >= 0.6 is 23.5 Å². The second-order valence-corrected chi connectivity index (χ2v) is 10.6. The highest BCUT2D eigenvalue weighted by Crippen LogP contribution is 2.66. The zero-order chi connectivity index (χ0) is 24.6. The van der Waals surface area contributed by atoms with Gasteiger partial charge in [0.15, 0.2) is 17.7 Å². The third-order valence-electron chi connectivity index (χ3n) is 4.00. The number of fused-ring (bicyclic) bond motifs is 1. The van der Waals surface area contributed by atoms with Crippen LogP contribution < -0.4 is 5.73 Å². The van der Waals surface area contributed by atoms with Gasteiger partial charge in [-0.15, -0.1) is 0 Å². The van der Waals surface area contributed by atoms with Crippen LogP contribution in [-0.2, 0) is 31.6 Å². The largest absolute Gasteiger partial charge is 0.490 e. The summed E-state index contributed by atoms with van der Waals surface area (Å²) in [4.78, 5) is 50.1. The number of nitrogens with zero attached hydrogens (tertiary/aromatic N) is 7. The van der Waals surface area contributed by atoms with Crippen LogP contribution in [-0.4, -0.2) is 69.1 Å². The quantitative estimate of drug-likeness (QED) is 0.104. The maximum atomic E-state index is 11.9. The lowest BCUT2D eigenvalue weighted by Crippen LogP contribution is -2.32. The number of phosphoric ester groups is 1. The topological polar surface area (TPSA) is 308 Å². The zero-order valence-corrected chi connectivity index (χ0v) is 18.5. The molecular weight excluding hydrogens is 517 g/mol. The van der Waals surface area contributed by atoms with Crippen molar-refractivity contribution in [2.75, 3.05) is 12.3 Å². The second kappa shape index (κ2) is 9.32. The van der Waals surface area contributed by atoms with Crippen molar-refractivity contribution in [2.45, 2.75) is 24.5 Å². The number of azide groups is 1. The van der Waals surface area contributed by atoms with Crippen molar-refractivity contribution in [3.8, 4) is 0 Å². The Labute approximate surface area is 182 Å². The van der Waals surface area contributed by atoms with Crippen molar-refractivity contribution in [1.82, 2.24) is 19.5 Å². The van der Waals surface area contributed by atoms with E-state index in [1.165, 1.54) is 10.9 Å². The number of rotatable bonds is 9. The third-order valence-corrected chi connectivity index (χ3v) is 7.80. The molecule has 0 saturated carbocycles. The Morgan fingerprint density at radius 2 is 1.88 bits per heavy atom. The first-order chi connectivity index (χ1) is 15.2. The Kier molecular flexibility index (Phi) is 7.24. The summed E-state index contributed by atoms with van der Waals surface area (Å²) in [5.41, 5.74) is 14.8. The van der Waals surface area contributed by atoms with E-state index in [0.29, 0.717) is 0 Å². The van der Waals surface area contributed by atoms with Crippen LogP contribution in [0.1, 0.15) is 6.23 Å². The summed E-state index contributed by atoms with van der Waals surface area (Å²) in [6.45, 7) is -0.954. The molecule has 0 spiro atoms. The summed E-state index contributed by atoms with van der Waals surface area (Å²) in [6.07, 6.45) is -1.95. The van der Waals surface area contributed by atoms with Crippen LogP contribution in [0.15, 0.2) is 17.8 Å². The summed E-state index contributed by atoms with van der Waals surface area (Å²) < 4.78 is 52.5. The van der Waals surface area contributed by atoms with Gasteiger partial charge in [-0.1, -0.05) is 5.11 Å². The number of anilines is 1. The maximum Gasteiger partial charge on any atom is 0.490 e. The van der Waals surface area contributed by atoms with E-state index in [9.17, 15) is 28.6 Å². The van der Waals surface area contributed by atoms with Gasteiger partial charge in [-0.3, -0.25) is 9.09 Å². The molecule has 0 aromatic carbocycles. The predicted octanol–water partition coefficient (Wildman–Crippen LogP) is -0.311. The number of aliphatic hydroxyl groups excluding tert-OH is 1. The average molecular weight is 532 g/mol. The monoisotopic (exact) mass is 532 g/mol. The first-order valence-corrected chi connectivity index (χ1v) is 12.8. The maximum absolute atomic E-state index is 11.9. The minimum atomic E-state index is -5.73. The molecule has 182 valence electrons. The molecule has 20 nitrogen and oxygen atoms in total. The summed E-state index contributed by atoms with van der Waals surface area (Å²) in [5.74, 6) is 0.0297. The smallest absolute Gasteiger partial charge is 0.388 e. The lowest BCUT2D eigenvalue weighted by molar-refractivity contribution is -0.0482. The van der Waals surface area contributed by atoms with Gasteiger partial charge >= 0.3 is 23.5 Å². The van der Waals surface area contributed by atoms with Crippen molar-refractivity contribution in [3.63, 3.8) is 0 Å². The highest BCUT2D eigenvalue weighted by molar-refractivity contribution is 7.66. The van der Waals surface area contributed by atoms with Gasteiger partial charge in [0.25, 0.3) is 0 Å². The standard InChI is InChI=1S/C10H15N8O12P3/c11-8-6-9(14-2-13-8)18(3-15-6)10-7(19)5(16-17-12)4(28-10)1-27-32(23,24)30-33(25,26)29-31(20,21)22/h2-5,7,10,19H,1H2,(H,23,24)(H,25,26)(H2,11,13,14)(H2,20,21,22)/t4-,5+,7-,10-/m1/s1. The van der Waals surface area contributed by atoms with Crippen molar-refractivity contribution in [1.29, 1.82) is 0 Å². The molecule has 23 heteroatoms. The highest BCUT2D eigenvalue weighted by Gasteiger charge is 2.47. The van der Waals surface area contributed by atoms with E-state index in [1.54, 1.807) is 0 Å². The van der Waals surface area contributed by atoms with Gasteiger partial charge in [0.05, 0.1) is 25.1 Å². The molecule has 1 aliphatic rings. The lowest BCUT2D eigenvalue weighted by Gasteiger charge is -2.19. The summed E-state index contributed by atoms with van der Waals surface area (Å²) in [5, 5.41) is 13.9. The molecule has 3 rings (SSSR count). The molecule has 1 saturated heterocycles. The van der Waals surface area contributed by atoms with Crippen molar-refractivity contribution in [3.05, 3.63) is 23.1 Å². The summed E-state index contributed by atoms with van der Waals surface area (Å²) in [6, 6.07) is -1.40. The Balaban J connectivity index is 1.78. The van der Waals surface area contributed by atoms with Crippen LogP contribution in [0.2, 0.25) is 0 Å². The van der Waals surface area contributed by atoms with E-state index in [1.807, 2.05) is 0 Å². The molecule has 2 aromatic rings. The second-order valence-electron chi connectivity index (χ2n) is 6.22. The Bertz CT molecular complexity index is 1230. The van der Waals surface area contributed by atoms with Gasteiger partial charge in [-0.2, -0.15) is 8.62 Å². The molecule has 3 heterocycles. The Hall–Kier alpha value is -2.01. The van der Waals surface area contributed by atoms with E-state index in [-0.39, 0.29) is 17.0 Å². The molecular formula is C10H15N8O12P3. The van der Waals surface area contributed by atoms with Crippen LogP contribution in [0.4, 0.5) is 5.82 Å². The van der Waals surface area contributed by atoms with Crippen molar-refractivity contribution >= 4 is 40.4 Å². The minimum absolute atomic E-state index is 0.0297. The van der Waals surface area contributed by atoms with Gasteiger partial charge in [0.1, 0.15) is 17.9 Å². The molecule has 0 bridgehead atoms. The molecule has 7 N–H and O–H groups in total. The number of aliphatic hydroxyl groups is 1. The number of aromatic nitrogens is 4. The molecule has 1 fully saturated rings. The van der Waals surface area contributed by atoms with Gasteiger partial charge in [-0.05, 0) is 5.53 Å². The van der Waals surface area contributed by atoms with E-state index >= 15 is 0 Å². The summed E-state index contributed by atoms with van der Waals surface area (Å²) in [7, 11) is -16.8. The van der Waals surface area contributed by atoms with Crippen LogP contribution in [0.25, 0.3) is 21.6 Å². The number of nitrogens with two attached hydrogens (primary N) is 1. The van der Waals surface area contributed by atoms with Gasteiger partial charge in [-0.25, -0.2) is 28.6 Å². The molecule has 2 aromatic heterocycles. The molecule has 33 heavy (non-hydrogen) atoms. The predicted molar refractivity (Wildman–Crippen MR) is 102 cm³/mol. The molecule has 6 atom stereocenters. The molecule has 0 radical (unpaired) electrons. The Morgan fingerprint density at radius 1 is 1.18 bits per heavy atom. The fourth-order valence-corrected chi connectivity index (χ4v) is 5.86. The third kappa shape index (κ3) is 6.11. The van der Waals surface area contributed by atoms with E-state index in [2.05, 4.69) is 38.1 Å². The fourth-order valence-electron chi connectivity index (χ4n) is 2.83. The number of ether oxygens (including phenoxy) is 1. The number of hydrogen-bond donors (Lipinski definition) is 6. The first-order valence-electron chi connectivity index (χ1n) is 8.32. The van der Waals surface area contributed by atoms with Crippen molar-refractivity contribution in [2.24, 2.45) is 5.11 Å². The summed E-state index contributed by atoms with van der Waals surface area (Å²) >= 11 is 0. The average Bonchev–Trinajstić information content (AvgIpc) is 3.20. The van der Waals surface area contributed by atoms with Crippen LogP contribution in [0.5, 0.6) is 0 Å². The number of nitrogen functional groups attached to an aromatic ring is 1. The van der Waals surface area contributed by atoms with E-state index in [0.717, 1.165) is 6.33 Å². The first kappa shape index (κ1) is 25.6. The van der Waals surface area contributed by atoms with Crippen LogP contribution in [0.3, 0.4) is 0 Å². The van der Waals surface area contributed by atoms with E-state index in [4.69, 9.17) is 25.8 Å². The van der Waals surface area contributed by atoms with Crippen molar-refractivity contribution < 1.29 is 56.3 Å². The molecule has 1 aliphatic heterocycles. The normalized spacial score (nSPS) is 27.1. The zero-order valence-electron chi connectivity index (χ0n) is 15.8. The number of hydrogen-bond acceptors (Lipinski definition) is 13. The van der Waals surface area contributed by atoms with Gasteiger partial charge in [0, 0.05) is 4.91 Å². The van der Waals surface area contributed by atoms with Crippen LogP contribution in [0, 0.1) is 0 Å². The van der Waals surface area contributed by atoms with E-state index < -0.39 is 54.6 Å². The highest BCUT2D eigenvalue weighted by atomic mass is 31.3. The number of phosphoric acid groups is 3. The molecule has 0 amide bonds. The lowest BCUT2D eigenvalue weighted by atomic mass is 10.1. The fraction of sp³-hybridized carbons (Fsp3) is 0.500. The number of imidazole rings is 1. The SMILES string of the molecule is [N-]=[N+]=N[C@@H]1[C@@H](O)[C@H](n2cnc3c(N)ncnc32)O[C@@H]1COP(=O)(O)OP(=O)(O)OP(=O)(O)O. The molecule has 0 aliphatic carbocycles.